The summed E-state index contributed by atoms with van der Waals surface area (Å²) in [7, 11) is 0. The molecule has 0 unspecified atom stereocenters. The number of carboxylic acids is 1. The van der Waals surface area contributed by atoms with E-state index >= 15 is 0 Å². The van der Waals surface area contributed by atoms with Crippen LogP contribution in [0.5, 0.6) is 0 Å². The maximum atomic E-state index is 11.4. The first-order valence-electron chi connectivity index (χ1n) is 7.94. The number of hydrogen-bond donors (Lipinski definition) is 1. The SMILES string of the molecule is Cc1ccc2scc(-c3c(C)n(CC(=O)O)c4cc(Cl)ccc34)c2c1. The van der Waals surface area contributed by atoms with Gasteiger partial charge in [0.25, 0.3) is 0 Å². The van der Waals surface area contributed by atoms with Gasteiger partial charge in [0.2, 0.25) is 0 Å². The zero-order chi connectivity index (χ0) is 17.7. The number of thiophene rings is 1. The van der Waals surface area contributed by atoms with E-state index < -0.39 is 5.97 Å². The van der Waals surface area contributed by atoms with Crippen molar-refractivity contribution in [1.82, 2.24) is 4.57 Å². The van der Waals surface area contributed by atoms with Gasteiger partial charge >= 0.3 is 5.97 Å². The fourth-order valence-corrected chi connectivity index (χ4v) is 4.56. The lowest BCUT2D eigenvalue weighted by molar-refractivity contribution is -0.137. The molecular formula is C20H16ClNO2S. The van der Waals surface area contributed by atoms with Crippen LogP contribution in [0.1, 0.15) is 11.3 Å². The molecule has 0 aliphatic rings. The molecule has 3 nitrogen and oxygen atoms in total. The minimum Gasteiger partial charge on any atom is -0.480 e. The Hall–Kier alpha value is -2.30. The summed E-state index contributed by atoms with van der Waals surface area (Å²) in [6, 6.07) is 12.1. The second kappa shape index (κ2) is 5.90. The molecule has 126 valence electrons. The van der Waals surface area contributed by atoms with Gasteiger partial charge in [0.15, 0.2) is 0 Å². The number of benzene rings is 2. The van der Waals surface area contributed by atoms with E-state index in [2.05, 4.69) is 30.5 Å². The number of aliphatic carboxylic acids is 1. The highest BCUT2D eigenvalue weighted by atomic mass is 35.5. The molecule has 0 fully saturated rings. The van der Waals surface area contributed by atoms with Crippen LogP contribution in [0.4, 0.5) is 0 Å². The van der Waals surface area contributed by atoms with Crippen LogP contribution in [0.3, 0.4) is 0 Å². The van der Waals surface area contributed by atoms with Crippen molar-refractivity contribution in [3.8, 4) is 11.1 Å². The van der Waals surface area contributed by atoms with Crippen molar-refractivity contribution in [2.75, 3.05) is 0 Å². The van der Waals surface area contributed by atoms with Crippen LogP contribution < -0.4 is 0 Å². The molecule has 4 aromatic rings. The van der Waals surface area contributed by atoms with Gasteiger partial charge in [0.1, 0.15) is 6.54 Å². The first-order chi connectivity index (χ1) is 12.0. The summed E-state index contributed by atoms with van der Waals surface area (Å²) < 4.78 is 3.06. The molecule has 0 spiro atoms. The Morgan fingerprint density at radius 2 is 1.96 bits per heavy atom. The van der Waals surface area contributed by atoms with Crippen LogP contribution in [-0.4, -0.2) is 15.6 Å². The van der Waals surface area contributed by atoms with Gasteiger partial charge in [0, 0.05) is 37.3 Å². The number of fused-ring (bicyclic) bond motifs is 2. The number of aryl methyl sites for hydroxylation is 1. The number of rotatable bonds is 3. The third-order valence-corrected chi connectivity index (χ3v) is 5.78. The molecule has 1 N–H and O–H groups in total. The normalized spacial score (nSPS) is 11.5. The second-order valence-electron chi connectivity index (χ2n) is 6.25. The summed E-state index contributed by atoms with van der Waals surface area (Å²) in [6.45, 7) is 3.98. The molecule has 0 aliphatic carbocycles. The molecular weight excluding hydrogens is 354 g/mol. The maximum Gasteiger partial charge on any atom is 0.323 e. The van der Waals surface area contributed by atoms with Crippen molar-refractivity contribution in [3.63, 3.8) is 0 Å². The van der Waals surface area contributed by atoms with Crippen LogP contribution >= 0.6 is 22.9 Å². The Labute approximate surface area is 154 Å². The third-order valence-electron chi connectivity index (χ3n) is 4.58. The van der Waals surface area contributed by atoms with Gasteiger partial charge < -0.3 is 9.67 Å². The first kappa shape index (κ1) is 16.2. The monoisotopic (exact) mass is 369 g/mol. The second-order valence-corrected chi connectivity index (χ2v) is 7.60. The number of aromatic nitrogens is 1. The van der Waals surface area contributed by atoms with Crippen molar-refractivity contribution >= 4 is 49.9 Å². The van der Waals surface area contributed by atoms with Gasteiger partial charge in [-0.25, -0.2) is 0 Å². The standard InChI is InChI=1S/C20H16ClNO2S/c1-11-3-6-18-15(7-11)16(10-25-18)20-12(2)22(9-19(23)24)17-8-13(21)4-5-14(17)20/h3-8,10H,9H2,1-2H3,(H,23,24). The van der Waals surface area contributed by atoms with E-state index in [9.17, 15) is 9.90 Å². The van der Waals surface area contributed by atoms with Crippen LogP contribution in [0.25, 0.3) is 32.1 Å². The fourth-order valence-electron chi connectivity index (χ4n) is 3.47. The van der Waals surface area contributed by atoms with Crippen molar-refractivity contribution in [1.29, 1.82) is 0 Å². The highest BCUT2D eigenvalue weighted by Gasteiger charge is 2.19. The molecule has 0 bridgehead atoms. The quantitative estimate of drug-likeness (QED) is 0.490. The highest BCUT2D eigenvalue weighted by Crippen LogP contribution is 2.41. The van der Waals surface area contributed by atoms with Gasteiger partial charge in [-0.2, -0.15) is 0 Å². The van der Waals surface area contributed by atoms with Crippen LogP contribution in [0.2, 0.25) is 5.02 Å². The molecule has 0 aliphatic heterocycles. The summed E-state index contributed by atoms with van der Waals surface area (Å²) in [6.07, 6.45) is 0. The topological polar surface area (TPSA) is 42.2 Å². The predicted octanol–water partition coefficient (Wildman–Crippen LogP) is 5.88. The molecule has 2 aromatic carbocycles. The van der Waals surface area contributed by atoms with Crippen molar-refractivity contribution < 1.29 is 9.90 Å². The summed E-state index contributed by atoms with van der Waals surface area (Å²) in [5.41, 5.74) is 5.25. The van der Waals surface area contributed by atoms with Crippen LogP contribution in [0, 0.1) is 13.8 Å². The number of carbonyl (C=O) groups is 1. The molecule has 0 amide bonds. The minimum absolute atomic E-state index is 0.0796. The molecule has 5 heteroatoms. The molecule has 0 saturated heterocycles. The maximum absolute atomic E-state index is 11.4. The van der Waals surface area contributed by atoms with Crippen molar-refractivity contribution in [3.05, 3.63) is 58.1 Å². The van der Waals surface area contributed by atoms with E-state index in [0.717, 1.165) is 27.7 Å². The zero-order valence-electron chi connectivity index (χ0n) is 13.8. The average molecular weight is 370 g/mol. The Morgan fingerprint density at radius 3 is 2.72 bits per heavy atom. The van der Waals surface area contributed by atoms with Gasteiger partial charge in [-0.3, -0.25) is 4.79 Å². The largest absolute Gasteiger partial charge is 0.480 e. The number of carboxylic acid groups (broad SMARTS) is 1. The van der Waals surface area contributed by atoms with E-state index in [0.29, 0.717) is 5.02 Å². The van der Waals surface area contributed by atoms with Gasteiger partial charge in [0.05, 0.1) is 5.52 Å². The molecule has 0 radical (unpaired) electrons. The summed E-state index contributed by atoms with van der Waals surface area (Å²) in [4.78, 5) is 11.4. The Kier molecular flexibility index (Phi) is 3.82. The van der Waals surface area contributed by atoms with Crippen molar-refractivity contribution in [2.45, 2.75) is 20.4 Å². The minimum atomic E-state index is -0.863. The molecule has 2 aromatic heterocycles. The van der Waals surface area contributed by atoms with Gasteiger partial charge in [-0.15, -0.1) is 11.3 Å². The number of halogens is 1. The van der Waals surface area contributed by atoms with E-state index in [1.807, 2.05) is 29.7 Å². The summed E-state index contributed by atoms with van der Waals surface area (Å²) in [5, 5.41) is 14.3. The predicted molar refractivity (Wildman–Crippen MR) is 105 cm³/mol. The Morgan fingerprint density at radius 1 is 1.16 bits per heavy atom. The Bertz CT molecular complexity index is 1140. The Balaban J connectivity index is 2.08. The average Bonchev–Trinajstić information content (AvgIpc) is 3.07. The molecule has 0 saturated carbocycles. The van der Waals surface area contributed by atoms with Gasteiger partial charge in [-0.05, 0) is 43.5 Å². The lowest BCUT2D eigenvalue weighted by Gasteiger charge is -2.05. The molecule has 25 heavy (non-hydrogen) atoms. The van der Waals surface area contributed by atoms with Gasteiger partial charge in [-0.1, -0.05) is 29.3 Å². The molecule has 2 heterocycles. The highest BCUT2D eigenvalue weighted by molar-refractivity contribution is 7.17. The van der Waals surface area contributed by atoms with E-state index in [-0.39, 0.29) is 6.54 Å². The lowest BCUT2D eigenvalue weighted by Crippen LogP contribution is -2.09. The molecule has 4 rings (SSSR count). The number of nitrogens with zero attached hydrogens (tertiary/aromatic N) is 1. The zero-order valence-corrected chi connectivity index (χ0v) is 15.4. The third kappa shape index (κ3) is 2.62. The first-order valence-corrected chi connectivity index (χ1v) is 9.20. The molecule has 0 atom stereocenters. The lowest BCUT2D eigenvalue weighted by atomic mass is 10.0. The van der Waals surface area contributed by atoms with E-state index in [1.165, 1.54) is 15.6 Å². The summed E-state index contributed by atoms with van der Waals surface area (Å²) in [5.74, 6) is -0.863. The van der Waals surface area contributed by atoms with Crippen LogP contribution in [0.15, 0.2) is 41.8 Å². The van der Waals surface area contributed by atoms with Crippen molar-refractivity contribution in [2.24, 2.45) is 0 Å². The smallest absolute Gasteiger partial charge is 0.323 e. The van der Waals surface area contributed by atoms with E-state index in [4.69, 9.17) is 11.6 Å². The van der Waals surface area contributed by atoms with Crippen LogP contribution in [-0.2, 0) is 11.3 Å². The summed E-state index contributed by atoms with van der Waals surface area (Å²) >= 11 is 7.88. The fraction of sp³-hybridized carbons (Fsp3) is 0.150. The van der Waals surface area contributed by atoms with E-state index in [1.54, 1.807) is 11.3 Å². The number of hydrogen-bond acceptors (Lipinski definition) is 2.